The fraction of sp³-hybridized carbons (Fsp3) is 0.200. The fourth-order valence-electron chi connectivity index (χ4n) is 2.50. The van der Waals surface area contributed by atoms with E-state index in [9.17, 15) is 13.6 Å². The third-order valence-electron chi connectivity index (χ3n) is 3.97. The minimum Gasteiger partial charge on any atom is -0.488 e. The summed E-state index contributed by atoms with van der Waals surface area (Å²) in [5.41, 5.74) is 0.938. The van der Waals surface area contributed by atoms with E-state index < -0.39 is 11.6 Å². The van der Waals surface area contributed by atoms with Crippen LogP contribution >= 0.6 is 11.3 Å². The Morgan fingerprint density at radius 3 is 2.71 bits per heavy atom. The molecule has 0 aliphatic carbocycles. The molecule has 0 aliphatic heterocycles. The third-order valence-corrected chi connectivity index (χ3v) is 4.73. The minimum absolute atomic E-state index is 0.177. The second kappa shape index (κ2) is 9.38. The van der Waals surface area contributed by atoms with E-state index in [0.717, 1.165) is 22.8 Å². The highest BCUT2D eigenvalue weighted by Gasteiger charge is 2.13. The lowest BCUT2D eigenvalue weighted by Crippen LogP contribution is -3.10. The number of hydrogen-bond acceptors (Lipinski definition) is 4. The molecular formula is C20H20F2N3O2S+. The van der Waals surface area contributed by atoms with Gasteiger partial charge in [-0.2, -0.15) is 0 Å². The topological polar surface area (TPSA) is 55.7 Å². The highest BCUT2D eigenvalue weighted by atomic mass is 32.1. The van der Waals surface area contributed by atoms with Crippen LogP contribution in [0.5, 0.6) is 5.75 Å². The van der Waals surface area contributed by atoms with Crippen LogP contribution in [0.3, 0.4) is 0 Å². The molecule has 1 atom stereocenters. The predicted molar refractivity (Wildman–Crippen MR) is 105 cm³/mol. The Kier molecular flexibility index (Phi) is 6.67. The van der Waals surface area contributed by atoms with Crippen LogP contribution in [0.4, 0.5) is 13.9 Å². The maximum atomic E-state index is 13.4. The number of para-hydroxylation sites is 1. The Morgan fingerprint density at radius 1 is 1.18 bits per heavy atom. The van der Waals surface area contributed by atoms with Crippen molar-refractivity contribution in [2.45, 2.75) is 0 Å². The van der Waals surface area contributed by atoms with Gasteiger partial charge in [-0.05, 0) is 30.3 Å². The molecule has 5 nitrogen and oxygen atoms in total. The highest BCUT2D eigenvalue weighted by molar-refractivity contribution is 7.14. The normalized spacial score (nSPS) is 11.8. The first kappa shape index (κ1) is 19.9. The number of hydrogen-bond donors (Lipinski definition) is 2. The summed E-state index contributed by atoms with van der Waals surface area (Å²) in [5, 5.41) is 4.84. The van der Waals surface area contributed by atoms with Crippen LogP contribution in [-0.2, 0) is 4.79 Å². The molecule has 146 valence electrons. The van der Waals surface area contributed by atoms with Crippen molar-refractivity contribution in [2.75, 3.05) is 32.1 Å². The molecule has 0 saturated carbocycles. The molecule has 2 N–H and O–H groups in total. The maximum absolute atomic E-state index is 13.4. The number of likely N-dealkylation sites (N-methyl/N-ethyl adjacent to an activating group) is 1. The number of ether oxygens (including phenoxy) is 1. The zero-order valence-electron chi connectivity index (χ0n) is 15.2. The van der Waals surface area contributed by atoms with E-state index in [1.165, 1.54) is 17.4 Å². The van der Waals surface area contributed by atoms with Gasteiger partial charge < -0.3 is 9.64 Å². The summed E-state index contributed by atoms with van der Waals surface area (Å²) in [6.45, 7) is 1.43. The second-order valence-electron chi connectivity index (χ2n) is 6.26. The number of nitrogens with one attached hydrogen (secondary N) is 2. The molecule has 3 rings (SSSR count). The van der Waals surface area contributed by atoms with E-state index in [4.69, 9.17) is 4.74 Å². The Morgan fingerprint density at radius 2 is 1.96 bits per heavy atom. The number of carbonyl (C=O) groups is 1. The van der Waals surface area contributed by atoms with Crippen molar-refractivity contribution in [1.82, 2.24) is 4.98 Å². The van der Waals surface area contributed by atoms with E-state index in [2.05, 4.69) is 10.3 Å². The number of rotatable bonds is 8. The standard InChI is InChI=1S/C20H19F2N3O2S/c1-25(9-10-27-15-5-3-2-4-6-15)12-19(26)24-20-23-18(13-28-20)14-7-8-16(21)17(22)11-14/h2-8,11,13H,9-10,12H2,1H3,(H,23,24,26)/p+1. The average molecular weight is 404 g/mol. The van der Waals surface area contributed by atoms with Gasteiger partial charge in [0.05, 0.1) is 12.7 Å². The van der Waals surface area contributed by atoms with Crippen LogP contribution < -0.4 is 15.0 Å². The second-order valence-corrected chi connectivity index (χ2v) is 7.12. The number of carbonyl (C=O) groups excluding carboxylic acids is 1. The molecule has 8 heteroatoms. The average Bonchev–Trinajstić information content (AvgIpc) is 3.13. The van der Waals surface area contributed by atoms with E-state index >= 15 is 0 Å². The predicted octanol–water partition coefficient (Wildman–Crippen LogP) is 2.62. The zero-order chi connectivity index (χ0) is 19.9. The monoisotopic (exact) mass is 404 g/mol. The summed E-state index contributed by atoms with van der Waals surface area (Å²) in [5.74, 6) is -1.22. The summed E-state index contributed by atoms with van der Waals surface area (Å²) >= 11 is 1.23. The molecule has 28 heavy (non-hydrogen) atoms. The van der Waals surface area contributed by atoms with Crippen molar-refractivity contribution in [3.8, 4) is 17.0 Å². The third kappa shape index (κ3) is 5.58. The van der Waals surface area contributed by atoms with Crippen LogP contribution in [0.25, 0.3) is 11.3 Å². The molecule has 1 heterocycles. The summed E-state index contributed by atoms with van der Waals surface area (Å²) in [4.78, 5) is 17.4. The number of nitrogens with zero attached hydrogens (tertiary/aromatic N) is 1. The maximum Gasteiger partial charge on any atom is 0.281 e. The summed E-state index contributed by atoms with van der Waals surface area (Å²) in [6.07, 6.45) is 0. The Balaban J connectivity index is 1.46. The number of benzene rings is 2. The number of aromatic nitrogens is 1. The first-order valence-corrected chi connectivity index (χ1v) is 9.59. The van der Waals surface area contributed by atoms with Crippen LogP contribution in [0.15, 0.2) is 53.9 Å². The molecule has 0 fully saturated rings. The largest absolute Gasteiger partial charge is 0.488 e. The molecule has 0 spiro atoms. The molecule has 0 radical (unpaired) electrons. The minimum atomic E-state index is -0.931. The summed E-state index contributed by atoms with van der Waals surface area (Å²) < 4.78 is 32.0. The zero-order valence-corrected chi connectivity index (χ0v) is 16.1. The number of thiazole rings is 1. The quantitative estimate of drug-likeness (QED) is 0.607. The molecule has 1 aromatic heterocycles. The van der Waals surface area contributed by atoms with Crippen molar-refractivity contribution in [1.29, 1.82) is 0 Å². The molecular weight excluding hydrogens is 384 g/mol. The molecule has 0 saturated heterocycles. The van der Waals surface area contributed by atoms with Gasteiger partial charge in [0.1, 0.15) is 18.9 Å². The van der Waals surface area contributed by atoms with Crippen LogP contribution in [0.2, 0.25) is 0 Å². The summed E-state index contributed by atoms with van der Waals surface area (Å²) in [6, 6.07) is 13.1. The number of amides is 1. The van der Waals surface area contributed by atoms with Gasteiger partial charge in [0.15, 0.2) is 23.3 Å². The van der Waals surface area contributed by atoms with Crippen LogP contribution in [-0.4, -0.2) is 37.6 Å². The van der Waals surface area contributed by atoms with Crippen LogP contribution in [0.1, 0.15) is 0 Å². The van der Waals surface area contributed by atoms with E-state index in [1.54, 1.807) is 5.38 Å². The van der Waals surface area contributed by atoms with Gasteiger partial charge in [0, 0.05) is 10.9 Å². The van der Waals surface area contributed by atoms with Gasteiger partial charge in [-0.1, -0.05) is 18.2 Å². The highest BCUT2D eigenvalue weighted by Crippen LogP contribution is 2.25. The first-order chi connectivity index (χ1) is 13.5. The lowest BCUT2D eigenvalue weighted by Gasteiger charge is -2.13. The molecule has 1 unspecified atom stereocenters. The molecule has 0 bridgehead atoms. The summed E-state index contributed by atoms with van der Waals surface area (Å²) in [7, 11) is 1.91. The van der Waals surface area contributed by atoms with E-state index in [0.29, 0.717) is 29.5 Å². The van der Waals surface area contributed by atoms with Crippen molar-refractivity contribution in [3.05, 3.63) is 65.5 Å². The van der Waals surface area contributed by atoms with Crippen molar-refractivity contribution in [2.24, 2.45) is 0 Å². The number of anilines is 1. The Bertz CT molecular complexity index is 934. The lowest BCUT2D eigenvalue weighted by atomic mass is 10.2. The van der Waals surface area contributed by atoms with Gasteiger partial charge in [0.2, 0.25) is 0 Å². The molecule has 1 amide bonds. The molecule has 3 aromatic rings. The lowest BCUT2D eigenvalue weighted by molar-refractivity contribution is -0.871. The first-order valence-electron chi connectivity index (χ1n) is 8.71. The molecule has 0 aliphatic rings. The van der Waals surface area contributed by atoms with Gasteiger partial charge in [-0.3, -0.25) is 10.1 Å². The number of halogens is 2. The van der Waals surface area contributed by atoms with E-state index in [-0.39, 0.29) is 12.5 Å². The smallest absolute Gasteiger partial charge is 0.281 e. The Hall–Kier alpha value is -2.84. The molecule has 2 aromatic carbocycles. The SMILES string of the molecule is C[NH+](CCOc1ccccc1)CC(=O)Nc1nc(-c2ccc(F)c(F)c2)cs1. The van der Waals surface area contributed by atoms with E-state index in [1.807, 2.05) is 37.4 Å². The number of quaternary nitrogens is 1. The van der Waals surface area contributed by atoms with Crippen LogP contribution in [0, 0.1) is 11.6 Å². The van der Waals surface area contributed by atoms with Gasteiger partial charge >= 0.3 is 0 Å². The fourth-order valence-corrected chi connectivity index (χ4v) is 3.24. The van der Waals surface area contributed by atoms with Gasteiger partial charge in [0.25, 0.3) is 5.91 Å². The van der Waals surface area contributed by atoms with Gasteiger partial charge in [-0.15, -0.1) is 11.3 Å². The van der Waals surface area contributed by atoms with Crippen molar-refractivity contribution in [3.63, 3.8) is 0 Å². The van der Waals surface area contributed by atoms with Crippen molar-refractivity contribution >= 4 is 22.4 Å². The Labute approximate surface area is 165 Å². The van der Waals surface area contributed by atoms with Gasteiger partial charge in [-0.25, -0.2) is 13.8 Å². The van der Waals surface area contributed by atoms with Crippen molar-refractivity contribution < 1.29 is 23.2 Å².